The number of amides is 1. The second-order valence-electron chi connectivity index (χ2n) is 7.65. The van der Waals surface area contributed by atoms with E-state index in [4.69, 9.17) is 0 Å². The van der Waals surface area contributed by atoms with Crippen LogP contribution in [-0.4, -0.2) is 32.9 Å². The molecule has 1 aliphatic heterocycles. The number of carbonyl (C=O) groups is 1. The lowest BCUT2D eigenvalue weighted by Crippen LogP contribution is -2.48. The minimum Gasteiger partial charge on any atom is -0.360 e. The van der Waals surface area contributed by atoms with Crippen LogP contribution in [0.25, 0.3) is 10.9 Å². The largest absolute Gasteiger partial charge is 0.360 e. The average Bonchev–Trinajstić information content (AvgIpc) is 3.39. The third-order valence-corrected chi connectivity index (χ3v) is 5.77. The molecular weight excluding hydrogens is 360 g/mol. The summed E-state index contributed by atoms with van der Waals surface area (Å²) in [6, 6.07) is 22.9. The van der Waals surface area contributed by atoms with Crippen LogP contribution in [0.4, 0.5) is 0 Å². The van der Waals surface area contributed by atoms with Crippen LogP contribution in [0.2, 0.25) is 0 Å². The Bertz CT molecular complexity index is 1130. The van der Waals surface area contributed by atoms with Crippen molar-refractivity contribution in [1.82, 2.24) is 19.8 Å². The molecule has 3 heterocycles. The van der Waals surface area contributed by atoms with Gasteiger partial charge in [-0.05, 0) is 23.8 Å². The Hall–Kier alpha value is -3.31. The van der Waals surface area contributed by atoms with E-state index in [2.05, 4.69) is 62.4 Å². The second-order valence-corrected chi connectivity index (χ2v) is 7.65. The Labute approximate surface area is 170 Å². The quantitative estimate of drug-likeness (QED) is 0.550. The predicted molar refractivity (Wildman–Crippen MR) is 115 cm³/mol. The number of aromatic amines is 1. The van der Waals surface area contributed by atoms with Crippen LogP contribution < -0.4 is 5.32 Å². The third kappa shape index (κ3) is 3.57. The lowest BCUT2D eigenvalue weighted by atomic mass is 10.1. The van der Waals surface area contributed by atoms with Crippen LogP contribution in [-0.2, 0) is 19.6 Å². The topological polar surface area (TPSA) is 53.1 Å². The minimum absolute atomic E-state index is 0.0274. The fourth-order valence-electron chi connectivity index (χ4n) is 4.21. The number of hydrogen-bond acceptors (Lipinski definition) is 2. The first kappa shape index (κ1) is 17.8. The number of benzene rings is 2. The number of nitrogens with one attached hydrogen (secondary N) is 2. The van der Waals surface area contributed by atoms with Gasteiger partial charge in [-0.15, -0.1) is 0 Å². The van der Waals surface area contributed by atoms with E-state index in [9.17, 15) is 4.79 Å². The molecule has 0 fully saturated rings. The number of carbonyl (C=O) groups excluding carboxylic acids is 1. The Morgan fingerprint density at radius 3 is 2.76 bits per heavy atom. The SMILES string of the molecule is O=C(NCC1Cn2cccc2CN1Cc1ccccc1)c1c[nH]c2ccccc12. The highest BCUT2D eigenvalue weighted by Gasteiger charge is 2.26. The summed E-state index contributed by atoms with van der Waals surface area (Å²) in [5.74, 6) is -0.0274. The molecular formula is C24H24N4O. The van der Waals surface area contributed by atoms with Gasteiger partial charge in [0.05, 0.1) is 5.56 Å². The molecule has 146 valence electrons. The van der Waals surface area contributed by atoms with E-state index in [0.29, 0.717) is 12.1 Å². The van der Waals surface area contributed by atoms with E-state index >= 15 is 0 Å². The van der Waals surface area contributed by atoms with Gasteiger partial charge in [0.15, 0.2) is 0 Å². The molecule has 1 unspecified atom stereocenters. The lowest BCUT2D eigenvalue weighted by molar-refractivity contribution is 0.0900. The van der Waals surface area contributed by atoms with E-state index in [1.807, 2.05) is 30.3 Å². The molecule has 0 bridgehead atoms. The maximum atomic E-state index is 12.9. The minimum atomic E-state index is -0.0274. The molecule has 2 aromatic heterocycles. The number of hydrogen-bond donors (Lipinski definition) is 2. The first-order chi connectivity index (χ1) is 14.3. The van der Waals surface area contributed by atoms with Crippen molar-refractivity contribution in [2.24, 2.45) is 0 Å². The predicted octanol–water partition coefficient (Wildman–Crippen LogP) is 3.78. The summed E-state index contributed by atoms with van der Waals surface area (Å²) >= 11 is 0. The normalized spacial score (nSPS) is 16.6. The van der Waals surface area contributed by atoms with E-state index in [-0.39, 0.29) is 11.9 Å². The molecule has 0 spiro atoms. The molecule has 2 aromatic carbocycles. The molecule has 0 aliphatic carbocycles. The average molecular weight is 384 g/mol. The zero-order valence-corrected chi connectivity index (χ0v) is 16.2. The molecule has 5 rings (SSSR count). The summed E-state index contributed by atoms with van der Waals surface area (Å²) < 4.78 is 2.30. The van der Waals surface area contributed by atoms with Crippen LogP contribution in [0.5, 0.6) is 0 Å². The Morgan fingerprint density at radius 2 is 1.86 bits per heavy atom. The number of aromatic nitrogens is 2. The summed E-state index contributed by atoms with van der Waals surface area (Å²) in [5, 5.41) is 4.13. The molecule has 5 heteroatoms. The van der Waals surface area contributed by atoms with Crippen molar-refractivity contribution >= 4 is 16.8 Å². The Morgan fingerprint density at radius 1 is 1.03 bits per heavy atom. The zero-order chi connectivity index (χ0) is 19.6. The number of H-pyrrole nitrogens is 1. The van der Waals surface area contributed by atoms with Crippen molar-refractivity contribution in [2.75, 3.05) is 6.54 Å². The van der Waals surface area contributed by atoms with Gasteiger partial charge in [-0.25, -0.2) is 0 Å². The summed E-state index contributed by atoms with van der Waals surface area (Å²) in [4.78, 5) is 18.5. The van der Waals surface area contributed by atoms with Gasteiger partial charge in [-0.2, -0.15) is 0 Å². The van der Waals surface area contributed by atoms with Crippen LogP contribution in [0.3, 0.4) is 0 Å². The first-order valence-corrected chi connectivity index (χ1v) is 10.0. The van der Waals surface area contributed by atoms with Gasteiger partial charge < -0.3 is 14.9 Å². The number of rotatable bonds is 5. The second kappa shape index (κ2) is 7.60. The smallest absolute Gasteiger partial charge is 0.253 e. The summed E-state index contributed by atoms with van der Waals surface area (Å²) in [6.45, 7) is 3.25. The highest BCUT2D eigenvalue weighted by molar-refractivity contribution is 6.06. The summed E-state index contributed by atoms with van der Waals surface area (Å²) in [5.41, 5.74) is 4.30. The van der Waals surface area contributed by atoms with Gasteiger partial charge in [0.25, 0.3) is 5.91 Å². The Balaban J connectivity index is 1.33. The van der Waals surface area contributed by atoms with E-state index < -0.39 is 0 Å². The number of nitrogens with zero attached hydrogens (tertiary/aromatic N) is 2. The maximum Gasteiger partial charge on any atom is 0.253 e. The van der Waals surface area contributed by atoms with Crippen molar-refractivity contribution < 1.29 is 4.79 Å². The first-order valence-electron chi connectivity index (χ1n) is 10.0. The third-order valence-electron chi connectivity index (χ3n) is 5.77. The van der Waals surface area contributed by atoms with Gasteiger partial charge in [0.1, 0.15) is 0 Å². The van der Waals surface area contributed by atoms with Crippen LogP contribution in [0.15, 0.2) is 79.1 Å². The van der Waals surface area contributed by atoms with Crippen molar-refractivity contribution in [2.45, 2.75) is 25.7 Å². The fourth-order valence-corrected chi connectivity index (χ4v) is 4.21. The molecule has 0 saturated heterocycles. The highest BCUT2D eigenvalue weighted by Crippen LogP contribution is 2.21. The van der Waals surface area contributed by atoms with Crippen molar-refractivity contribution in [3.8, 4) is 0 Å². The number of fused-ring (bicyclic) bond motifs is 2. The lowest BCUT2D eigenvalue weighted by Gasteiger charge is -2.37. The monoisotopic (exact) mass is 384 g/mol. The van der Waals surface area contributed by atoms with Gasteiger partial charge in [0, 0.05) is 61.2 Å². The Kier molecular flexibility index (Phi) is 4.66. The molecule has 1 amide bonds. The molecule has 4 aromatic rings. The van der Waals surface area contributed by atoms with Crippen LogP contribution in [0, 0.1) is 0 Å². The fraction of sp³-hybridized carbons (Fsp3) is 0.208. The van der Waals surface area contributed by atoms with E-state index in [1.165, 1.54) is 11.3 Å². The molecule has 1 aliphatic rings. The van der Waals surface area contributed by atoms with Gasteiger partial charge in [0.2, 0.25) is 0 Å². The molecule has 1 atom stereocenters. The van der Waals surface area contributed by atoms with E-state index in [1.54, 1.807) is 6.20 Å². The number of para-hydroxylation sites is 1. The summed E-state index contributed by atoms with van der Waals surface area (Å²) in [6.07, 6.45) is 3.93. The van der Waals surface area contributed by atoms with Crippen LogP contribution >= 0.6 is 0 Å². The molecule has 0 radical (unpaired) electrons. The molecule has 29 heavy (non-hydrogen) atoms. The van der Waals surface area contributed by atoms with Crippen molar-refractivity contribution in [3.05, 3.63) is 95.9 Å². The van der Waals surface area contributed by atoms with Crippen molar-refractivity contribution in [1.29, 1.82) is 0 Å². The van der Waals surface area contributed by atoms with Crippen molar-refractivity contribution in [3.63, 3.8) is 0 Å². The van der Waals surface area contributed by atoms with Gasteiger partial charge >= 0.3 is 0 Å². The highest BCUT2D eigenvalue weighted by atomic mass is 16.1. The maximum absolute atomic E-state index is 12.9. The van der Waals surface area contributed by atoms with Gasteiger partial charge in [-0.1, -0.05) is 48.5 Å². The van der Waals surface area contributed by atoms with E-state index in [0.717, 1.165) is 30.5 Å². The van der Waals surface area contributed by atoms with Gasteiger partial charge in [-0.3, -0.25) is 9.69 Å². The zero-order valence-electron chi connectivity index (χ0n) is 16.2. The molecule has 0 saturated carbocycles. The standard InChI is InChI=1S/C24H24N4O/c29-24(22-14-25-23-11-5-4-10-21(22)23)26-13-20-17-27-12-6-9-19(27)16-28(20)15-18-7-2-1-3-8-18/h1-12,14,20,25H,13,15-17H2,(H,26,29). The van der Waals surface area contributed by atoms with Crippen LogP contribution in [0.1, 0.15) is 21.6 Å². The molecule has 2 N–H and O–H groups in total. The summed E-state index contributed by atoms with van der Waals surface area (Å²) in [7, 11) is 0. The molecule has 5 nitrogen and oxygen atoms in total.